The smallest absolute Gasteiger partial charge is 0.273 e. The molecule has 0 atom stereocenters. The molecule has 7 nitrogen and oxygen atoms in total. The Morgan fingerprint density at radius 2 is 2.00 bits per heavy atom. The predicted molar refractivity (Wildman–Crippen MR) is 71.8 cm³/mol. The molecule has 0 aliphatic heterocycles. The molecule has 0 spiro atoms. The first-order valence-electron chi connectivity index (χ1n) is 6.10. The molecule has 20 heavy (non-hydrogen) atoms. The van der Waals surface area contributed by atoms with E-state index >= 15 is 0 Å². The number of nitrogens with one attached hydrogen (secondary N) is 1. The van der Waals surface area contributed by atoms with Gasteiger partial charge in [0.25, 0.3) is 5.91 Å². The topological polar surface area (TPSA) is 78.3 Å². The quantitative estimate of drug-likeness (QED) is 0.783. The molecule has 1 aromatic carbocycles. The molecule has 0 saturated carbocycles. The largest absolute Gasteiger partial charge is 0.497 e. The fourth-order valence-electron chi connectivity index (χ4n) is 1.55. The molecule has 0 fully saturated rings. The number of ether oxygens (including phenoxy) is 2. The van der Waals surface area contributed by atoms with Crippen molar-refractivity contribution in [1.29, 1.82) is 0 Å². The van der Waals surface area contributed by atoms with Crippen LogP contribution >= 0.6 is 0 Å². The molecule has 2 aromatic rings. The van der Waals surface area contributed by atoms with Gasteiger partial charge >= 0.3 is 0 Å². The molecule has 0 radical (unpaired) electrons. The van der Waals surface area contributed by atoms with Crippen molar-refractivity contribution in [2.45, 2.75) is 0 Å². The van der Waals surface area contributed by atoms with Gasteiger partial charge in [-0.3, -0.25) is 9.48 Å². The van der Waals surface area contributed by atoms with E-state index in [1.54, 1.807) is 20.4 Å². The van der Waals surface area contributed by atoms with E-state index in [0.717, 1.165) is 11.5 Å². The Kier molecular flexibility index (Phi) is 4.54. The first-order chi connectivity index (χ1) is 9.69. The van der Waals surface area contributed by atoms with Crippen molar-refractivity contribution in [1.82, 2.24) is 20.3 Å². The highest BCUT2D eigenvalue weighted by Gasteiger charge is 2.08. The zero-order valence-electron chi connectivity index (χ0n) is 11.4. The summed E-state index contributed by atoms with van der Waals surface area (Å²) >= 11 is 0. The molecule has 0 saturated heterocycles. The molecule has 1 amide bonds. The molecular weight excluding hydrogens is 260 g/mol. The lowest BCUT2D eigenvalue weighted by Crippen LogP contribution is -2.28. The van der Waals surface area contributed by atoms with Crippen molar-refractivity contribution >= 4 is 5.91 Å². The Morgan fingerprint density at radius 1 is 1.30 bits per heavy atom. The molecule has 0 bridgehead atoms. The number of carbonyl (C=O) groups is 1. The number of benzene rings is 1. The lowest BCUT2D eigenvalue weighted by Gasteiger charge is -2.07. The minimum Gasteiger partial charge on any atom is -0.497 e. The van der Waals surface area contributed by atoms with Gasteiger partial charge in [-0.1, -0.05) is 5.21 Å². The van der Waals surface area contributed by atoms with Gasteiger partial charge in [-0.05, 0) is 24.3 Å². The Labute approximate surface area is 116 Å². The van der Waals surface area contributed by atoms with Crippen LogP contribution in [0.2, 0.25) is 0 Å². The Bertz CT molecular complexity index is 565. The van der Waals surface area contributed by atoms with Gasteiger partial charge in [0.1, 0.15) is 18.1 Å². The highest BCUT2D eigenvalue weighted by molar-refractivity contribution is 5.91. The number of hydrogen-bond donors (Lipinski definition) is 1. The molecule has 0 unspecified atom stereocenters. The van der Waals surface area contributed by atoms with Crippen LogP contribution in [-0.4, -0.2) is 41.2 Å². The molecule has 2 rings (SSSR count). The van der Waals surface area contributed by atoms with Crippen molar-refractivity contribution in [2.24, 2.45) is 7.05 Å². The maximum Gasteiger partial charge on any atom is 0.273 e. The zero-order valence-corrected chi connectivity index (χ0v) is 11.4. The number of rotatable bonds is 6. The second-order valence-corrected chi connectivity index (χ2v) is 4.06. The average molecular weight is 276 g/mol. The number of aryl methyl sites for hydroxylation is 1. The van der Waals surface area contributed by atoms with Crippen molar-refractivity contribution < 1.29 is 14.3 Å². The third kappa shape index (κ3) is 3.71. The molecule has 0 aliphatic rings. The number of amides is 1. The van der Waals surface area contributed by atoms with E-state index < -0.39 is 0 Å². The molecule has 0 aliphatic carbocycles. The highest BCUT2D eigenvalue weighted by atomic mass is 16.5. The van der Waals surface area contributed by atoms with Gasteiger partial charge in [0.05, 0.1) is 19.9 Å². The molecule has 106 valence electrons. The van der Waals surface area contributed by atoms with E-state index in [-0.39, 0.29) is 11.6 Å². The second-order valence-electron chi connectivity index (χ2n) is 4.06. The van der Waals surface area contributed by atoms with Gasteiger partial charge in [-0.2, -0.15) is 0 Å². The van der Waals surface area contributed by atoms with E-state index in [9.17, 15) is 4.79 Å². The van der Waals surface area contributed by atoms with E-state index in [1.165, 1.54) is 4.68 Å². The molecule has 1 aromatic heterocycles. The fraction of sp³-hybridized carbons (Fsp3) is 0.308. The van der Waals surface area contributed by atoms with Gasteiger partial charge < -0.3 is 14.8 Å². The van der Waals surface area contributed by atoms with E-state index in [1.807, 2.05) is 24.3 Å². The van der Waals surface area contributed by atoms with Crippen LogP contribution in [0.5, 0.6) is 11.5 Å². The average Bonchev–Trinajstić information content (AvgIpc) is 2.91. The highest BCUT2D eigenvalue weighted by Crippen LogP contribution is 2.16. The first-order valence-corrected chi connectivity index (χ1v) is 6.10. The molecule has 1 N–H and O–H groups in total. The number of hydrogen-bond acceptors (Lipinski definition) is 5. The van der Waals surface area contributed by atoms with Gasteiger partial charge in [0, 0.05) is 7.05 Å². The standard InChI is InChI=1S/C13H16N4O3/c1-17-9-12(15-16-17)13(18)14-7-8-20-11-5-3-10(19-2)4-6-11/h3-6,9H,7-8H2,1-2H3,(H,14,18). The van der Waals surface area contributed by atoms with Crippen LogP contribution in [0.15, 0.2) is 30.5 Å². The second kappa shape index (κ2) is 6.55. The summed E-state index contributed by atoms with van der Waals surface area (Å²) in [6.07, 6.45) is 1.56. The van der Waals surface area contributed by atoms with Crippen LogP contribution < -0.4 is 14.8 Å². The summed E-state index contributed by atoms with van der Waals surface area (Å²) in [6, 6.07) is 7.24. The summed E-state index contributed by atoms with van der Waals surface area (Å²) in [6.45, 7) is 0.764. The molecule has 1 heterocycles. The van der Waals surface area contributed by atoms with Crippen molar-refractivity contribution in [3.05, 3.63) is 36.2 Å². The summed E-state index contributed by atoms with van der Waals surface area (Å²) in [5, 5.41) is 10.1. The minimum absolute atomic E-state index is 0.267. The van der Waals surface area contributed by atoms with Gasteiger partial charge in [-0.25, -0.2) is 0 Å². The van der Waals surface area contributed by atoms with Crippen LogP contribution in [0.3, 0.4) is 0 Å². The first kappa shape index (κ1) is 13.9. The molecular formula is C13H16N4O3. The van der Waals surface area contributed by atoms with Gasteiger partial charge in [-0.15, -0.1) is 5.10 Å². The van der Waals surface area contributed by atoms with Crippen molar-refractivity contribution in [3.63, 3.8) is 0 Å². The van der Waals surface area contributed by atoms with Crippen LogP contribution in [0.4, 0.5) is 0 Å². The van der Waals surface area contributed by atoms with Crippen molar-refractivity contribution in [2.75, 3.05) is 20.3 Å². The predicted octanol–water partition coefficient (Wildman–Crippen LogP) is 0.632. The maximum absolute atomic E-state index is 11.7. The summed E-state index contributed by atoms with van der Waals surface area (Å²) in [5.41, 5.74) is 0.289. The minimum atomic E-state index is -0.267. The maximum atomic E-state index is 11.7. The van der Waals surface area contributed by atoms with E-state index in [2.05, 4.69) is 15.6 Å². The lowest BCUT2D eigenvalue weighted by molar-refractivity contribution is 0.0942. The summed E-state index contributed by atoms with van der Waals surface area (Å²) in [4.78, 5) is 11.7. The number of nitrogens with zero attached hydrogens (tertiary/aromatic N) is 3. The molecule has 7 heteroatoms. The Balaban J connectivity index is 1.72. The third-order valence-electron chi connectivity index (χ3n) is 2.55. The normalized spacial score (nSPS) is 10.1. The van der Waals surface area contributed by atoms with Crippen molar-refractivity contribution in [3.8, 4) is 11.5 Å². The number of methoxy groups -OCH3 is 1. The SMILES string of the molecule is COc1ccc(OCCNC(=O)c2cn(C)nn2)cc1. The Morgan fingerprint density at radius 3 is 2.60 bits per heavy atom. The lowest BCUT2D eigenvalue weighted by atomic mass is 10.3. The zero-order chi connectivity index (χ0) is 14.4. The van der Waals surface area contributed by atoms with E-state index in [0.29, 0.717) is 13.2 Å². The monoisotopic (exact) mass is 276 g/mol. The van der Waals surface area contributed by atoms with E-state index in [4.69, 9.17) is 9.47 Å². The van der Waals surface area contributed by atoms with Crippen LogP contribution in [0.1, 0.15) is 10.5 Å². The Hall–Kier alpha value is -2.57. The van der Waals surface area contributed by atoms with Gasteiger partial charge in [0.15, 0.2) is 5.69 Å². The van der Waals surface area contributed by atoms with Crippen LogP contribution in [-0.2, 0) is 7.05 Å². The van der Waals surface area contributed by atoms with Crippen LogP contribution in [0, 0.1) is 0 Å². The summed E-state index contributed by atoms with van der Waals surface area (Å²) in [7, 11) is 3.31. The summed E-state index contributed by atoms with van der Waals surface area (Å²) < 4.78 is 12.0. The third-order valence-corrected chi connectivity index (χ3v) is 2.55. The van der Waals surface area contributed by atoms with Gasteiger partial charge in [0.2, 0.25) is 0 Å². The number of aromatic nitrogens is 3. The van der Waals surface area contributed by atoms with Crippen LogP contribution in [0.25, 0.3) is 0 Å². The fourth-order valence-corrected chi connectivity index (χ4v) is 1.55. The number of carbonyl (C=O) groups excluding carboxylic acids is 1. The summed E-state index contributed by atoms with van der Waals surface area (Å²) in [5.74, 6) is 1.23.